The number of nitrogens with zero attached hydrogens (tertiary/aromatic N) is 2. The summed E-state index contributed by atoms with van der Waals surface area (Å²) in [6.45, 7) is 7.41. The molecule has 1 aromatic carbocycles. The predicted octanol–water partition coefficient (Wildman–Crippen LogP) is 5.42. The van der Waals surface area contributed by atoms with Crippen molar-refractivity contribution in [2.45, 2.75) is 77.4 Å². The third-order valence-corrected chi connectivity index (χ3v) is 9.04. The second-order valence-electron chi connectivity index (χ2n) is 10.3. The lowest BCUT2D eigenvalue weighted by Gasteiger charge is -2.45. The molecule has 1 atom stereocenters. The van der Waals surface area contributed by atoms with Crippen molar-refractivity contribution >= 4 is 33.4 Å². The van der Waals surface area contributed by atoms with E-state index < -0.39 is 5.54 Å². The summed E-state index contributed by atoms with van der Waals surface area (Å²) < 4.78 is 3.23. The molecule has 0 unspecified atom stereocenters. The molecule has 3 aromatic rings. The number of nitrogens with one attached hydrogen (secondary N) is 1. The number of amides is 2. The quantitative estimate of drug-likeness (QED) is 0.516. The number of aromatic nitrogens is 1. The van der Waals surface area contributed by atoms with Crippen LogP contribution in [0.3, 0.4) is 0 Å². The third kappa shape index (κ3) is 4.17. The summed E-state index contributed by atoms with van der Waals surface area (Å²) in [6, 6.07) is 14.6. The van der Waals surface area contributed by atoms with Crippen LogP contribution in [0.2, 0.25) is 0 Å². The van der Waals surface area contributed by atoms with Gasteiger partial charge in [0, 0.05) is 17.5 Å². The van der Waals surface area contributed by atoms with Gasteiger partial charge in [-0.2, -0.15) is 0 Å². The number of benzene rings is 1. The number of thiophene rings is 1. The van der Waals surface area contributed by atoms with E-state index in [1.165, 1.54) is 10.4 Å². The monoisotopic (exact) mass is 477 g/mol. The van der Waals surface area contributed by atoms with Gasteiger partial charge < -0.3 is 14.8 Å². The number of aryl methyl sites for hydroxylation is 1. The first-order valence-electron chi connectivity index (χ1n) is 12.7. The van der Waals surface area contributed by atoms with Crippen molar-refractivity contribution in [1.82, 2.24) is 14.8 Å². The topological polar surface area (TPSA) is 54.3 Å². The minimum Gasteiger partial charge on any atom is -0.351 e. The molecular weight excluding hydrogens is 442 g/mol. The fourth-order valence-corrected chi connectivity index (χ4v) is 6.59. The second-order valence-corrected chi connectivity index (χ2v) is 11.5. The van der Waals surface area contributed by atoms with E-state index in [1.807, 2.05) is 36.1 Å². The predicted molar refractivity (Wildman–Crippen MR) is 138 cm³/mol. The average Bonchev–Trinajstić information content (AvgIpc) is 3.39. The highest BCUT2D eigenvalue weighted by Crippen LogP contribution is 2.36. The van der Waals surface area contributed by atoms with Crippen molar-refractivity contribution in [3.8, 4) is 0 Å². The standard InChI is InChI=1S/C28H35N3O2S/c1-4-22-16-23-25(34-22)17-24-26(32)31(15-14-20-8-6-5-7-9-20)28(3,18-30(23)24)27(33)29-21-12-10-19(2)11-13-21/h5-9,16-17,19,21H,4,10-15,18H2,1-3H3,(H,29,33)/t19?,21?,28-/m0/s1. The van der Waals surface area contributed by atoms with E-state index >= 15 is 0 Å². The molecule has 5 rings (SSSR count). The minimum atomic E-state index is -0.928. The van der Waals surface area contributed by atoms with Crippen LogP contribution in [0.1, 0.15) is 67.4 Å². The molecular formula is C28H35N3O2S. The summed E-state index contributed by atoms with van der Waals surface area (Å²) in [4.78, 5) is 30.8. The van der Waals surface area contributed by atoms with Crippen LogP contribution in [0.4, 0.5) is 0 Å². The molecule has 2 aliphatic rings. The van der Waals surface area contributed by atoms with Crippen LogP contribution < -0.4 is 5.32 Å². The van der Waals surface area contributed by atoms with Crippen LogP contribution in [0.5, 0.6) is 0 Å². The molecule has 0 spiro atoms. The largest absolute Gasteiger partial charge is 0.351 e. The summed E-state index contributed by atoms with van der Waals surface area (Å²) in [5, 5.41) is 3.34. The summed E-state index contributed by atoms with van der Waals surface area (Å²) >= 11 is 1.75. The smallest absolute Gasteiger partial charge is 0.271 e. The molecule has 1 fully saturated rings. The summed E-state index contributed by atoms with van der Waals surface area (Å²) in [7, 11) is 0. The molecule has 6 heteroatoms. The highest BCUT2D eigenvalue weighted by atomic mass is 32.1. The maximum atomic E-state index is 13.9. The summed E-state index contributed by atoms with van der Waals surface area (Å²) in [5.74, 6) is 0.662. The minimum absolute atomic E-state index is 0.0214. The molecule has 1 saturated carbocycles. The van der Waals surface area contributed by atoms with Crippen molar-refractivity contribution in [3.63, 3.8) is 0 Å². The van der Waals surface area contributed by atoms with Crippen molar-refractivity contribution in [1.29, 1.82) is 0 Å². The number of rotatable bonds is 6. The molecule has 2 aromatic heterocycles. The Morgan fingerprint density at radius 3 is 2.59 bits per heavy atom. The van der Waals surface area contributed by atoms with Gasteiger partial charge in [0.15, 0.2) is 0 Å². The van der Waals surface area contributed by atoms with Gasteiger partial charge in [-0.3, -0.25) is 9.59 Å². The van der Waals surface area contributed by atoms with E-state index in [0.717, 1.165) is 54.7 Å². The van der Waals surface area contributed by atoms with E-state index in [9.17, 15) is 9.59 Å². The Bertz CT molecular complexity index is 1190. The van der Waals surface area contributed by atoms with Crippen LogP contribution >= 0.6 is 11.3 Å². The Morgan fingerprint density at radius 2 is 1.88 bits per heavy atom. The molecule has 1 N–H and O–H groups in total. The van der Waals surface area contributed by atoms with Crippen LogP contribution in [0.25, 0.3) is 10.2 Å². The number of carbonyl (C=O) groups is 2. The van der Waals surface area contributed by atoms with Crippen LogP contribution in [-0.2, 0) is 24.2 Å². The van der Waals surface area contributed by atoms with Crippen molar-refractivity contribution in [2.24, 2.45) is 5.92 Å². The second kappa shape index (κ2) is 9.21. The van der Waals surface area contributed by atoms with E-state index in [-0.39, 0.29) is 17.9 Å². The van der Waals surface area contributed by atoms with Crippen LogP contribution in [0, 0.1) is 5.92 Å². The van der Waals surface area contributed by atoms with E-state index in [4.69, 9.17) is 0 Å². The Kier molecular flexibility index (Phi) is 6.28. The van der Waals surface area contributed by atoms with Gasteiger partial charge in [-0.15, -0.1) is 11.3 Å². The molecule has 0 bridgehead atoms. The first-order chi connectivity index (χ1) is 16.4. The number of fused-ring (bicyclic) bond motifs is 3. The Hall–Kier alpha value is -2.60. The molecule has 34 heavy (non-hydrogen) atoms. The van der Waals surface area contributed by atoms with Gasteiger partial charge in [0.2, 0.25) is 5.91 Å². The van der Waals surface area contributed by atoms with Gasteiger partial charge in [-0.05, 0) is 69.1 Å². The average molecular weight is 478 g/mol. The molecule has 2 amide bonds. The Morgan fingerprint density at radius 1 is 1.15 bits per heavy atom. The molecule has 3 heterocycles. The fourth-order valence-electron chi connectivity index (χ4n) is 5.54. The molecule has 5 nitrogen and oxygen atoms in total. The van der Waals surface area contributed by atoms with Gasteiger partial charge in [0.05, 0.1) is 16.8 Å². The third-order valence-electron chi connectivity index (χ3n) is 7.82. The number of hydrogen-bond donors (Lipinski definition) is 1. The summed E-state index contributed by atoms with van der Waals surface area (Å²) in [6.07, 6.45) is 6.04. The highest BCUT2D eigenvalue weighted by molar-refractivity contribution is 7.19. The first kappa shape index (κ1) is 23.2. The summed E-state index contributed by atoms with van der Waals surface area (Å²) in [5.41, 5.74) is 2.03. The number of hydrogen-bond acceptors (Lipinski definition) is 3. The number of carbonyl (C=O) groups excluding carboxylic acids is 2. The SMILES string of the molecule is CCc1cc2c(cc3n2C[C@@](C)(C(=O)NC2CCC(C)CC2)N(CCc2ccccc2)C3=O)s1. The lowest BCUT2D eigenvalue weighted by molar-refractivity contribution is -0.133. The van der Waals surface area contributed by atoms with Gasteiger partial charge in [0.25, 0.3) is 5.91 Å². The van der Waals surface area contributed by atoms with Gasteiger partial charge in [-0.25, -0.2) is 0 Å². The fraction of sp³-hybridized carbons (Fsp3) is 0.500. The molecule has 1 aliphatic carbocycles. The maximum Gasteiger partial charge on any atom is 0.271 e. The lowest BCUT2D eigenvalue weighted by Crippen LogP contribution is -2.65. The zero-order chi connectivity index (χ0) is 23.9. The molecule has 180 valence electrons. The van der Waals surface area contributed by atoms with Crippen molar-refractivity contribution in [3.05, 3.63) is 58.6 Å². The van der Waals surface area contributed by atoms with Crippen molar-refractivity contribution in [2.75, 3.05) is 6.54 Å². The van der Waals surface area contributed by atoms with Crippen LogP contribution in [0.15, 0.2) is 42.5 Å². The van der Waals surface area contributed by atoms with E-state index in [1.54, 1.807) is 11.3 Å². The van der Waals surface area contributed by atoms with E-state index in [2.05, 4.69) is 41.9 Å². The molecule has 0 radical (unpaired) electrons. The molecule has 0 saturated heterocycles. The first-order valence-corrected chi connectivity index (χ1v) is 13.5. The Balaban J connectivity index is 1.47. The van der Waals surface area contributed by atoms with Gasteiger partial charge in [0.1, 0.15) is 11.2 Å². The van der Waals surface area contributed by atoms with Crippen LogP contribution in [-0.4, -0.2) is 39.4 Å². The zero-order valence-corrected chi connectivity index (χ0v) is 21.3. The highest BCUT2D eigenvalue weighted by Gasteiger charge is 2.48. The van der Waals surface area contributed by atoms with E-state index in [0.29, 0.717) is 18.8 Å². The van der Waals surface area contributed by atoms with Gasteiger partial charge >= 0.3 is 0 Å². The lowest BCUT2D eigenvalue weighted by atomic mass is 9.86. The maximum absolute atomic E-state index is 13.9. The van der Waals surface area contributed by atoms with Gasteiger partial charge in [-0.1, -0.05) is 44.2 Å². The normalized spacial score (nSPS) is 24.9. The zero-order valence-electron chi connectivity index (χ0n) is 20.5. The van der Waals surface area contributed by atoms with Crippen molar-refractivity contribution < 1.29 is 9.59 Å². The molecule has 1 aliphatic heterocycles. The Labute approximate surface area is 206 Å².